The third-order valence-corrected chi connectivity index (χ3v) is 5.34. The van der Waals surface area contributed by atoms with E-state index in [9.17, 15) is 14.7 Å². The van der Waals surface area contributed by atoms with Gasteiger partial charge in [0, 0.05) is 5.56 Å². The number of aliphatic hydroxyl groups is 1. The number of ketones is 1. The van der Waals surface area contributed by atoms with Gasteiger partial charge in [0.15, 0.2) is 0 Å². The molecule has 1 saturated heterocycles. The van der Waals surface area contributed by atoms with Crippen molar-refractivity contribution in [3.8, 4) is 11.5 Å². The van der Waals surface area contributed by atoms with Crippen molar-refractivity contribution < 1.29 is 28.6 Å². The number of carbonyl (C=O) groups is 2. The van der Waals surface area contributed by atoms with Gasteiger partial charge in [-0.1, -0.05) is 24.3 Å². The maximum Gasteiger partial charge on any atom is 0.296 e. The van der Waals surface area contributed by atoms with Crippen molar-refractivity contribution in [2.75, 3.05) is 7.11 Å². The van der Waals surface area contributed by atoms with Crippen LogP contribution in [0.4, 0.5) is 0 Å². The summed E-state index contributed by atoms with van der Waals surface area (Å²) in [7, 11) is 1.54. The molecule has 1 atom stereocenters. The van der Waals surface area contributed by atoms with Gasteiger partial charge in [0.05, 0.1) is 37.6 Å². The molecule has 1 amide bonds. The van der Waals surface area contributed by atoms with E-state index in [2.05, 4.69) is 0 Å². The number of likely N-dealkylation sites (tertiary alicyclic amines) is 1. The van der Waals surface area contributed by atoms with E-state index in [0.717, 1.165) is 0 Å². The van der Waals surface area contributed by atoms with Crippen LogP contribution in [-0.4, -0.2) is 34.9 Å². The zero-order valence-corrected chi connectivity index (χ0v) is 18.6. The Balaban J connectivity index is 1.85. The first kappa shape index (κ1) is 22.2. The van der Waals surface area contributed by atoms with Crippen LogP contribution in [0, 0.1) is 0 Å². The average molecular weight is 447 g/mol. The summed E-state index contributed by atoms with van der Waals surface area (Å²) in [5.41, 5.74) is 1.02. The topological polar surface area (TPSA) is 89.2 Å². The molecule has 1 aliphatic rings. The molecule has 4 rings (SSSR count). The molecule has 0 bridgehead atoms. The first-order chi connectivity index (χ1) is 15.9. The van der Waals surface area contributed by atoms with Crippen LogP contribution >= 0.6 is 0 Å². The number of ether oxygens (including phenoxy) is 2. The lowest BCUT2D eigenvalue weighted by molar-refractivity contribution is -0.140. The van der Waals surface area contributed by atoms with Crippen molar-refractivity contribution in [2.24, 2.45) is 0 Å². The Bertz CT molecular complexity index is 1200. The minimum absolute atomic E-state index is 0.00139. The third-order valence-electron chi connectivity index (χ3n) is 5.34. The van der Waals surface area contributed by atoms with E-state index >= 15 is 0 Å². The molecule has 1 aliphatic heterocycles. The van der Waals surface area contributed by atoms with Gasteiger partial charge >= 0.3 is 0 Å². The molecular weight excluding hydrogens is 422 g/mol. The zero-order chi connectivity index (χ0) is 23.5. The van der Waals surface area contributed by atoms with E-state index in [1.54, 1.807) is 67.8 Å². The number of nitrogens with zero attached hydrogens (tertiary/aromatic N) is 1. The van der Waals surface area contributed by atoms with Crippen LogP contribution < -0.4 is 9.47 Å². The second-order valence-electron chi connectivity index (χ2n) is 7.98. The molecule has 3 aromatic rings. The monoisotopic (exact) mass is 447 g/mol. The SMILES string of the molecule is COc1cccc(C2/C(=C(/O)c3cccc(OC(C)C)c3)C(=O)C(=O)N2Cc2ccco2)c1. The smallest absolute Gasteiger partial charge is 0.296 e. The number of benzene rings is 2. The quantitative estimate of drug-likeness (QED) is 0.321. The summed E-state index contributed by atoms with van der Waals surface area (Å²) in [6.07, 6.45) is 1.45. The van der Waals surface area contributed by atoms with Crippen molar-refractivity contribution >= 4 is 17.4 Å². The van der Waals surface area contributed by atoms with Gasteiger partial charge in [-0.25, -0.2) is 0 Å². The average Bonchev–Trinajstić information content (AvgIpc) is 3.41. The predicted octanol–water partition coefficient (Wildman–Crippen LogP) is 4.70. The van der Waals surface area contributed by atoms with Crippen LogP contribution in [0.15, 0.2) is 76.9 Å². The number of hydrogen-bond donors (Lipinski definition) is 1. The minimum Gasteiger partial charge on any atom is -0.507 e. The highest BCUT2D eigenvalue weighted by atomic mass is 16.5. The molecule has 170 valence electrons. The van der Waals surface area contributed by atoms with Gasteiger partial charge < -0.3 is 23.9 Å². The van der Waals surface area contributed by atoms with Gasteiger partial charge in [-0.05, 0) is 55.8 Å². The van der Waals surface area contributed by atoms with Gasteiger partial charge in [0.25, 0.3) is 11.7 Å². The van der Waals surface area contributed by atoms with Crippen LogP contribution in [0.25, 0.3) is 5.76 Å². The summed E-state index contributed by atoms with van der Waals surface area (Å²) in [4.78, 5) is 27.6. The molecule has 7 nitrogen and oxygen atoms in total. The highest BCUT2D eigenvalue weighted by Gasteiger charge is 2.46. The lowest BCUT2D eigenvalue weighted by Gasteiger charge is -2.25. The molecule has 1 unspecified atom stereocenters. The number of rotatable bonds is 7. The summed E-state index contributed by atoms with van der Waals surface area (Å²) >= 11 is 0. The maximum atomic E-state index is 13.2. The fourth-order valence-corrected chi connectivity index (χ4v) is 3.92. The van der Waals surface area contributed by atoms with Crippen molar-refractivity contribution in [1.29, 1.82) is 0 Å². The van der Waals surface area contributed by atoms with E-state index in [-0.39, 0.29) is 24.0 Å². The number of amides is 1. The fourth-order valence-electron chi connectivity index (χ4n) is 3.92. The lowest BCUT2D eigenvalue weighted by atomic mass is 9.95. The number of hydrogen-bond acceptors (Lipinski definition) is 6. The maximum absolute atomic E-state index is 13.2. The number of Topliss-reactive ketones (excluding diaryl/α,β-unsaturated/α-hetero) is 1. The van der Waals surface area contributed by atoms with E-state index in [4.69, 9.17) is 13.9 Å². The minimum atomic E-state index is -0.820. The largest absolute Gasteiger partial charge is 0.507 e. The molecule has 1 fully saturated rings. The predicted molar refractivity (Wildman–Crippen MR) is 122 cm³/mol. The lowest BCUT2D eigenvalue weighted by Crippen LogP contribution is -2.29. The van der Waals surface area contributed by atoms with Gasteiger partial charge in [0.2, 0.25) is 0 Å². The van der Waals surface area contributed by atoms with Crippen molar-refractivity contribution in [1.82, 2.24) is 4.90 Å². The summed E-state index contributed by atoms with van der Waals surface area (Å²) in [5.74, 6) is -0.0907. The Labute approximate surface area is 191 Å². The molecule has 0 saturated carbocycles. The standard InChI is InChI=1S/C26H25NO6/c1-16(2)33-20-10-5-8-18(14-20)24(28)22-23(17-7-4-9-19(13-17)31-3)27(26(30)25(22)29)15-21-11-6-12-32-21/h4-14,16,23,28H,15H2,1-3H3/b24-22-. The van der Waals surface area contributed by atoms with Crippen LogP contribution in [0.3, 0.4) is 0 Å². The number of carbonyl (C=O) groups excluding carboxylic acids is 2. The van der Waals surface area contributed by atoms with Gasteiger partial charge in [0.1, 0.15) is 23.0 Å². The molecule has 2 aromatic carbocycles. The van der Waals surface area contributed by atoms with Crippen molar-refractivity contribution in [2.45, 2.75) is 32.5 Å². The van der Waals surface area contributed by atoms with E-state index in [0.29, 0.717) is 28.4 Å². The number of aliphatic hydroxyl groups excluding tert-OH is 1. The van der Waals surface area contributed by atoms with Gasteiger partial charge in [-0.15, -0.1) is 0 Å². The normalized spacial score (nSPS) is 17.6. The Morgan fingerprint density at radius 2 is 1.82 bits per heavy atom. The van der Waals surface area contributed by atoms with Crippen LogP contribution in [0.2, 0.25) is 0 Å². The summed E-state index contributed by atoms with van der Waals surface area (Å²) in [6.45, 7) is 3.87. The van der Waals surface area contributed by atoms with E-state index in [1.165, 1.54) is 11.2 Å². The van der Waals surface area contributed by atoms with Crippen molar-refractivity contribution in [3.05, 3.63) is 89.4 Å². The Kier molecular flexibility index (Phi) is 6.22. The molecule has 1 aromatic heterocycles. The van der Waals surface area contributed by atoms with Crippen molar-refractivity contribution in [3.63, 3.8) is 0 Å². The second kappa shape index (κ2) is 9.24. The molecular formula is C26H25NO6. The molecule has 1 N–H and O–H groups in total. The number of furan rings is 1. The summed E-state index contributed by atoms with van der Waals surface area (Å²) in [5, 5.41) is 11.2. The Morgan fingerprint density at radius 1 is 1.06 bits per heavy atom. The summed E-state index contributed by atoms with van der Waals surface area (Å²) < 4.78 is 16.5. The fraction of sp³-hybridized carbons (Fsp3) is 0.231. The first-order valence-electron chi connectivity index (χ1n) is 10.6. The van der Waals surface area contributed by atoms with Crippen LogP contribution in [-0.2, 0) is 16.1 Å². The van der Waals surface area contributed by atoms with E-state index in [1.807, 2.05) is 13.8 Å². The summed E-state index contributed by atoms with van der Waals surface area (Å²) in [6, 6.07) is 16.5. The molecule has 2 heterocycles. The third kappa shape index (κ3) is 4.48. The molecule has 0 spiro atoms. The van der Waals surface area contributed by atoms with Gasteiger partial charge in [-0.2, -0.15) is 0 Å². The highest BCUT2D eigenvalue weighted by molar-refractivity contribution is 6.46. The molecule has 33 heavy (non-hydrogen) atoms. The molecule has 0 radical (unpaired) electrons. The van der Waals surface area contributed by atoms with Gasteiger partial charge in [-0.3, -0.25) is 9.59 Å². The highest BCUT2D eigenvalue weighted by Crippen LogP contribution is 2.41. The molecule has 7 heteroatoms. The second-order valence-corrected chi connectivity index (χ2v) is 7.98. The van der Waals surface area contributed by atoms with Crippen LogP contribution in [0.5, 0.6) is 11.5 Å². The molecule has 0 aliphatic carbocycles. The van der Waals surface area contributed by atoms with E-state index < -0.39 is 17.7 Å². The first-order valence-corrected chi connectivity index (χ1v) is 10.6. The van der Waals surface area contributed by atoms with Crippen LogP contribution in [0.1, 0.15) is 36.8 Å². The number of methoxy groups -OCH3 is 1. The Morgan fingerprint density at radius 3 is 2.52 bits per heavy atom. The Hall–Kier alpha value is -4.00. The zero-order valence-electron chi connectivity index (χ0n) is 18.6.